The Labute approximate surface area is 169 Å². The second-order valence-corrected chi connectivity index (χ2v) is 6.81. The molecule has 3 aromatic rings. The van der Waals surface area contributed by atoms with Crippen molar-refractivity contribution in [3.05, 3.63) is 88.5 Å². The number of aromatic nitrogens is 1. The molecule has 0 aliphatic rings. The van der Waals surface area contributed by atoms with Crippen molar-refractivity contribution >= 4 is 17.7 Å². The van der Waals surface area contributed by atoms with E-state index >= 15 is 0 Å². The Morgan fingerprint density at radius 3 is 2.38 bits per heavy atom. The highest BCUT2D eigenvalue weighted by atomic mass is 19.1. The number of amides is 1. The van der Waals surface area contributed by atoms with Gasteiger partial charge in [0.25, 0.3) is 5.91 Å². The molecule has 0 saturated carbocycles. The van der Waals surface area contributed by atoms with Gasteiger partial charge in [0, 0.05) is 22.8 Å². The number of nitriles is 1. The molecule has 0 radical (unpaired) electrons. The topological polar surface area (TPSA) is 57.8 Å². The van der Waals surface area contributed by atoms with Gasteiger partial charge in [-0.3, -0.25) is 4.79 Å². The molecule has 1 aromatic heterocycles. The molecule has 0 bridgehead atoms. The minimum absolute atomic E-state index is 0.0177. The highest BCUT2D eigenvalue weighted by Gasteiger charge is 2.14. The lowest BCUT2D eigenvalue weighted by Crippen LogP contribution is -2.13. The number of nitrogens with one attached hydrogen (secondary N) is 1. The number of hydrogen-bond acceptors (Lipinski definition) is 2. The van der Waals surface area contributed by atoms with Crippen molar-refractivity contribution in [3.63, 3.8) is 0 Å². The van der Waals surface area contributed by atoms with Crippen LogP contribution in [0, 0.1) is 31.0 Å². The second-order valence-electron chi connectivity index (χ2n) is 6.81. The van der Waals surface area contributed by atoms with E-state index in [0.717, 1.165) is 29.1 Å². The molecule has 2 aromatic carbocycles. The van der Waals surface area contributed by atoms with E-state index in [1.165, 1.54) is 29.8 Å². The van der Waals surface area contributed by atoms with Gasteiger partial charge in [-0.2, -0.15) is 5.26 Å². The van der Waals surface area contributed by atoms with Gasteiger partial charge in [-0.15, -0.1) is 0 Å². The summed E-state index contributed by atoms with van der Waals surface area (Å²) in [6.45, 7) is 6.06. The first-order chi connectivity index (χ1) is 13.9. The van der Waals surface area contributed by atoms with Crippen LogP contribution in [0.5, 0.6) is 0 Å². The molecule has 4 nitrogen and oxygen atoms in total. The fourth-order valence-corrected chi connectivity index (χ4v) is 3.25. The van der Waals surface area contributed by atoms with Crippen molar-refractivity contribution in [2.24, 2.45) is 0 Å². The van der Waals surface area contributed by atoms with Crippen LogP contribution in [0.3, 0.4) is 0 Å². The molecule has 0 spiro atoms. The summed E-state index contributed by atoms with van der Waals surface area (Å²) in [5.41, 5.74) is 5.46. The fourth-order valence-electron chi connectivity index (χ4n) is 3.25. The van der Waals surface area contributed by atoms with E-state index in [9.17, 15) is 14.4 Å². The van der Waals surface area contributed by atoms with E-state index < -0.39 is 11.7 Å². The van der Waals surface area contributed by atoms with Gasteiger partial charge in [0.2, 0.25) is 0 Å². The molecule has 1 amide bonds. The Hall–Kier alpha value is -3.65. The number of carbonyl (C=O) groups is 1. The van der Waals surface area contributed by atoms with E-state index in [0.29, 0.717) is 5.69 Å². The van der Waals surface area contributed by atoms with Crippen LogP contribution in [0.4, 0.5) is 10.1 Å². The van der Waals surface area contributed by atoms with E-state index in [2.05, 4.69) is 41.1 Å². The number of anilines is 1. The number of hydrogen-bond donors (Lipinski definition) is 1. The molecule has 1 heterocycles. The Balaban J connectivity index is 1.90. The minimum Gasteiger partial charge on any atom is -0.321 e. The highest BCUT2D eigenvalue weighted by molar-refractivity contribution is 6.09. The molecule has 0 saturated heterocycles. The molecule has 1 N–H and O–H groups in total. The molecule has 146 valence electrons. The molecule has 0 atom stereocenters. The third-order valence-corrected chi connectivity index (χ3v) is 4.84. The van der Waals surface area contributed by atoms with Gasteiger partial charge in [-0.25, -0.2) is 4.39 Å². The predicted molar refractivity (Wildman–Crippen MR) is 113 cm³/mol. The molecule has 0 unspecified atom stereocenters. The number of rotatable bonds is 5. The first-order valence-corrected chi connectivity index (χ1v) is 9.40. The van der Waals surface area contributed by atoms with E-state index in [4.69, 9.17) is 0 Å². The van der Waals surface area contributed by atoms with Gasteiger partial charge in [0.05, 0.1) is 0 Å². The second kappa shape index (κ2) is 8.57. The van der Waals surface area contributed by atoms with Crippen molar-refractivity contribution in [3.8, 4) is 11.8 Å². The molecule has 3 rings (SSSR count). The zero-order valence-corrected chi connectivity index (χ0v) is 16.7. The van der Waals surface area contributed by atoms with Gasteiger partial charge in [0.15, 0.2) is 0 Å². The fraction of sp³-hybridized carbons (Fsp3) is 0.167. The molecule has 29 heavy (non-hydrogen) atoms. The van der Waals surface area contributed by atoms with Crippen molar-refractivity contribution in [2.75, 3.05) is 5.32 Å². The first kappa shape index (κ1) is 20.1. The zero-order valence-electron chi connectivity index (χ0n) is 16.7. The Morgan fingerprint density at radius 1 is 1.14 bits per heavy atom. The van der Waals surface area contributed by atoms with E-state index in [1.807, 2.05) is 26.0 Å². The third kappa shape index (κ3) is 4.44. The Kier molecular flexibility index (Phi) is 5.94. The smallest absolute Gasteiger partial charge is 0.266 e. The third-order valence-electron chi connectivity index (χ3n) is 4.84. The van der Waals surface area contributed by atoms with E-state index in [-0.39, 0.29) is 5.57 Å². The normalized spacial score (nSPS) is 11.2. The summed E-state index contributed by atoms with van der Waals surface area (Å²) in [7, 11) is 0. The summed E-state index contributed by atoms with van der Waals surface area (Å²) in [4.78, 5) is 12.5. The monoisotopic (exact) mass is 387 g/mol. The van der Waals surface area contributed by atoms with Crippen molar-refractivity contribution in [1.82, 2.24) is 4.57 Å². The average molecular weight is 387 g/mol. The van der Waals surface area contributed by atoms with Crippen LogP contribution in [0.2, 0.25) is 0 Å². The predicted octanol–water partition coefficient (Wildman–Crippen LogP) is 5.34. The lowest BCUT2D eigenvalue weighted by molar-refractivity contribution is -0.112. The van der Waals surface area contributed by atoms with Gasteiger partial charge >= 0.3 is 0 Å². The van der Waals surface area contributed by atoms with Crippen LogP contribution in [-0.2, 0) is 11.2 Å². The Bertz CT molecular complexity index is 1100. The number of nitrogens with zero attached hydrogens (tertiary/aromatic N) is 2. The van der Waals surface area contributed by atoms with Gasteiger partial charge in [0.1, 0.15) is 17.5 Å². The van der Waals surface area contributed by atoms with Crippen molar-refractivity contribution in [2.45, 2.75) is 27.2 Å². The summed E-state index contributed by atoms with van der Waals surface area (Å²) in [5.74, 6) is -0.922. The zero-order chi connectivity index (χ0) is 21.0. The lowest BCUT2D eigenvalue weighted by atomic mass is 10.1. The molecule has 5 heteroatoms. The lowest BCUT2D eigenvalue weighted by Gasteiger charge is -2.10. The van der Waals surface area contributed by atoms with Crippen molar-refractivity contribution in [1.29, 1.82) is 5.26 Å². The van der Waals surface area contributed by atoms with Crippen molar-refractivity contribution < 1.29 is 9.18 Å². The van der Waals surface area contributed by atoms with Gasteiger partial charge in [-0.05, 0) is 79.9 Å². The largest absolute Gasteiger partial charge is 0.321 e. The minimum atomic E-state index is -0.531. The summed E-state index contributed by atoms with van der Waals surface area (Å²) in [6, 6.07) is 17.7. The maximum atomic E-state index is 13.0. The number of halogens is 1. The van der Waals surface area contributed by atoms with Gasteiger partial charge in [-0.1, -0.05) is 19.1 Å². The first-order valence-electron chi connectivity index (χ1n) is 9.40. The number of aryl methyl sites for hydroxylation is 2. The standard InChI is InChI=1S/C24H22FN3O/c1-4-18-5-11-23(12-6-18)28-16(2)13-19(17(28)3)14-20(15-26)24(29)27-22-9-7-21(25)8-10-22/h5-14H,4H2,1-3H3,(H,27,29). The maximum absolute atomic E-state index is 13.0. The van der Waals surface area contributed by atoms with E-state index in [1.54, 1.807) is 6.08 Å². The summed E-state index contributed by atoms with van der Waals surface area (Å²) < 4.78 is 15.1. The summed E-state index contributed by atoms with van der Waals surface area (Å²) in [6.07, 6.45) is 2.56. The number of carbonyl (C=O) groups excluding carboxylic acids is 1. The van der Waals surface area contributed by atoms with Crippen LogP contribution < -0.4 is 5.32 Å². The SMILES string of the molecule is CCc1ccc(-n2c(C)cc(C=C(C#N)C(=O)Nc3ccc(F)cc3)c2C)cc1. The van der Waals surface area contributed by atoms with Crippen LogP contribution in [0.25, 0.3) is 11.8 Å². The maximum Gasteiger partial charge on any atom is 0.266 e. The summed E-state index contributed by atoms with van der Waals surface area (Å²) in [5, 5.41) is 12.1. The molecule has 0 aliphatic heterocycles. The summed E-state index contributed by atoms with van der Waals surface area (Å²) >= 11 is 0. The molecule has 0 aliphatic carbocycles. The van der Waals surface area contributed by atoms with Crippen LogP contribution >= 0.6 is 0 Å². The van der Waals surface area contributed by atoms with Crippen LogP contribution in [0.1, 0.15) is 29.4 Å². The molecular weight excluding hydrogens is 365 g/mol. The highest BCUT2D eigenvalue weighted by Crippen LogP contribution is 2.23. The average Bonchev–Trinajstić information content (AvgIpc) is 3.00. The quantitative estimate of drug-likeness (QED) is 0.474. The molecule has 0 fully saturated rings. The number of benzene rings is 2. The Morgan fingerprint density at radius 2 is 1.79 bits per heavy atom. The van der Waals surface area contributed by atoms with Gasteiger partial charge < -0.3 is 9.88 Å². The van der Waals surface area contributed by atoms with Crippen LogP contribution in [0.15, 0.2) is 60.2 Å². The van der Waals surface area contributed by atoms with Crippen LogP contribution in [-0.4, -0.2) is 10.5 Å². The molecular formula is C24H22FN3O.